The molecule has 4 aromatic rings. The zero-order valence-electron chi connectivity index (χ0n) is 22.2. The molecule has 7 nitrogen and oxygen atoms in total. The van der Waals surface area contributed by atoms with Crippen molar-refractivity contribution in [1.82, 2.24) is 25.2 Å². The molecule has 0 saturated carbocycles. The maximum atomic E-state index is 16.5. The summed E-state index contributed by atoms with van der Waals surface area (Å²) in [5, 5.41) is 14.3. The molecule has 2 aromatic heterocycles. The van der Waals surface area contributed by atoms with E-state index in [2.05, 4.69) is 36.9 Å². The molecule has 0 unspecified atom stereocenters. The van der Waals surface area contributed by atoms with E-state index in [1.165, 1.54) is 24.4 Å². The Morgan fingerprint density at radius 2 is 1.88 bits per heavy atom. The summed E-state index contributed by atoms with van der Waals surface area (Å²) < 4.78 is 45.8. The maximum Gasteiger partial charge on any atom is 0.207 e. The number of piperazine rings is 1. The molecule has 10 heteroatoms. The molecule has 208 valence electrons. The lowest BCUT2D eigenvalue weighted by Gasteiger charge is -2.29. The van der Waals surface area contributed by atoms with Crippen LogP contribution in [0.4, 0.5) is 19.0 Å². The molecule has 2 N–H and O–H groups in total. The Balaban J connectivity index is 1.34. The van der Waals surface area contributed by atoms with Crippen molar-refractivity contribution in [2.24, 2.45) is 0 Å². The summed E-state index contributed by atoms with van der Waals surface area (Å²) in [6.45, 7) is 3.60. The van der Waals surface area contributed by atoms with Gasteiger partial charge in [-0.15, -0.1) is 0 Å². The molecule has 0 aliphatic carbocycles. The van der Waals surface area contributed by atoms with Crippen LogP contribution in [0.25, 0.3) is 32.9 Å². The standard InChI is InChI=1S/C31H27F3N6O/c32-23-4-3-17-11-20(41)13-21(25(17)26(23)33)28-27(34)29-22(15-36-28)30(40-16-18-12-19(40)14-35-18)38-24(37-29)5-8-31-6-1-9-39(31)10-2-7-31/h3-4,11,13,15,18-19,35,41H,1-2,6-7,9-10,12,14,16H2/t18-,19-/m1/s1. The third-order valence-electron chi connectivity index (χ3n) is 9.29. The number of fused-ring (bicyclic) bond motifs is 5. The molecule has 4 aliphatic rings. The summed E-state index contributed by atoms with van der Waals surface area (Å²) in [5.74, 6) is 4.25. The highest BCUT2D eigenvalue weighted by atomic mass is 19.2. The van der Waals surface area contributed by atoms with Crippen LogP contribution >= 0.6 is 0 Å². The molecule has 2 bridgehead atoms. The van der Waals surface area contributed by atoms with Crippen LogP contribution in [0.5, 0.6) is 5.75 Å². The van der Waals surface area contributed by atoms with Crippen molar-refractivity contribution < 1.29 is 18.3 Å². The Kier molecular flexibility index (Phi) is 5.47. The van der Waals surface area contributed by atoms with E-state index >= 15 is 8.78 Å². The average molecular weight is 557 g/mol. The topological polar surface area (TPSA) is 77.4 Å². The third kappa shape index (κ3) is 3.79. The minimum absolute atomic E-state index is 0.0144. The van der Waals surface area contributed by atoms with Crippen LogP contribution in [0.2, 0.25) is 0 Å². The molecule has 4 fully saturated rings. The number of halogens is 3. The molecular formula is C31H27F3N6O. The Morgan fingerprint density at radius 1 is 1.05 bits per heavy atom. The second-order valence-electron chi connectivity index (χ2n) is 11.6. The molecule has 2 atom stereocenters. The minimum Gasteiger partial charge on any atom is -0.508 e. The van der Waals surface area contributed by atoms with Crippen LogP contribution < -0.4 is 10.2 Å². The second-order valence-corrected chi connectivity index (χ2v) is 11.6. The summed E-state index contributed by atoms with van der Waals surface area (Å²) >= 11 is 0. The van der Waals surface area contributed by atoms with Gasteiger partial charge in [0.25, 0.3) is 0 Å². The second kappa shape index (κ2) is 9.03. The number of benzene rings is 2. The molecular weight excluding hydrogens is 529 g/mol. The summed E-state index contributed by atoms with van der Waals surface area (Å²) in [6.07, 6.45) is 6.65. The fraction of sp³-hybridized carbons (Fsp3) is 0.387. The van der Waals surface area contributed by atoms with Crippen molar-refractivity contribution in [3.05, 3.63) is 53.7 Å². The minimum atomic E-state index is -1.13. The van der Waals surface area contributed by atoms with Crippen LogP contribution in [0.3, 0.4) is 0 Å². The molecule has 4 saturated heterocycles. The highest BCUT2D eigenvalue weighted by Gasteiger charge is 2.43. The number of pyridine rings is 1. The predicted octanol–water partition coefficient (Wildman–Crippen LogP) is 4.50. The van der Waals surface area contributed by atoms with E-state index in [0.717, 1.165) is 64.3 Å². The molecule has 0 amide bonds. The van der Waals surface area contributed by atoms with Gasteiger partial charge in [0.15, 0.2) is 17.5 Å². The Bertz CT molecular complexity index is 1810. The first-order valence-corrected chi connectivity index (χ1v) is 14.2. The Morgan fingerprint density at radius 3 is 2.63 bits per heavy atom. The SMILES string of the molecule is Oc1cc(-c2ncc3c(N4C[C@H]5C[C@@H]4CN5)nc(C#CC45CCCN4CCC5)nc3c2F)c2c(F)c(F)ccc2c1. The van der Waals surface area contributed by atoms with Gasteiger partial charge < -0.3 is 15.3 Å². The van der Waals surface area contributed by atoms with Gasteiger partial charge in [-0.05, 0) is 74.7 Å². The smallest absolute Gasteiger partial charge is 0.207 e. The predicted molar refractivity (Wildman–Crippen MR) is 149 cm³/mol. The summed E-state index contributed by atoms with van der Waals surface area (Å²) in [7, 11) is 0. The van der Waals surface area contributed by atoms with E-state index in [1.54, 1.807) is 0 Å². The van der Waals surface area contributed by atoms with Gasteiger partial charge in [-0.1, -0.05) is 12.0 Å². The zero-order chi connectivity index (χ0) is 27.9. The first-order valence-electron chi connectivity index (χ1n) is 14.2. The quantitative estimate of drug-likeness (QED) is 0.352. The van der Waals surface area contributed by atoms with E-state index in [9.17, 15) is 9.50 Å². The molecule has 4 aliphatic heterocycles. The fourth-order valence-electron chi connectivity index (χ4n) is 7.37. The first-order chi connectivity index (χ1) is 19.9. The highest BCUT2D eigenvalue weighted by Crippen LogP contribution is 2.40. The van der Waals surface area contributed by atoms with Gasteiger partial charge in [0.05, 0.1) is 10.9 Å². The van der Waals surface area contributed by atoms with Crippen molar-refractivity contribution >= 4 is 27.5 Å². The van der Waals surface area contributed by atoms with E-state index in [4.69, 9.17) is 4.98 Å². The fourth-order valence-corrected chi connectivity index (χ4v) is 7.37. The largest absolute Gasteiger partial charge is 0.508 e. The van der Waals surface area contributed by atoms with Gasteiger partial charge in [-0.3, -0.25) is 9.88 Å². The van der Waals surface area contributed by atoms with Crippen LogP contribution in [0, 0.1) is 29.3 Å². The van der Waals surface area contributed by atoms with Crippen molar-refractivity contribution in [1.29, 1.82) is 0 Å². The molecule has 8 rings (SSSR count). The van der Waals surface area contributed by atoms with Crippen LogP contribution in [-0.4, -0.2) is 68.8 Å². The number of phenols is 1. The van der Waals surface area contributed by atoms with Gasteiger partial charge in [0.2, 0.25) is 5.82 Å². The van der Waals surface area contributed by atoms with Gasteiger partial charge in [-0.2, -0.15) is 0 Å². The highest BCUT2D eigenvalue weighted by molar-refractivity contribution is 6.00. The summed E-state index contributed by atoms with van der Waals surface area (Å²) in [5.41, 5.74) is -0.452. The Labute approximate surface area is 234 Å². The van der Waals surface area contributed by atoms with Crippen molar-refractivity contribution in [2.75, 3.05) is 31.1 Å². The number of nitrogens with zero attached hydrogens (tertiary/aromatic N) is 5. The van der Waals surface area contributed by atoms with Crippen LogP contribution in [-0.2, 0) is 0 Å². The lowest BCUT2D eigenvalue weighted by Crippen LogP contribution is -2.44. The number of nitrogens with one attached hydrogen (secondary N) is 1. The van der Waals surface area contributed by atoms with Gasteiger partial charge in [0.1, 0.15) is 22.8 Å². The number of aromatic nitrogens is 3. The summed E-state index contributed by atoms with van der Waals surface area (Å²) in [6, 6.07) is 5.37. The lowest BCUT2D eigenvalue weighted by atomic mass is 9.95. The van der Waals surface area contributed by atoms with Gasteiger partial charge in [0, 0.05) is 42.3 Å². The van der Waals surface area contributed by atoms with Gasteiger partial charge in [-0.25, -0.2) is 23.1 Å². The van der Waals surface area contributed by atoms with E-state index in [-0.39, 0.29) is 50.7 Å². The van der Waals surface area contributed by atoms with E-state index in [1.807, 2.05) is 0 Å². The average Bonchev–Trinajstić information content (AvgIpc) is 3.76. The molecule has 0 radical (unpaired) electrons. The number of rotatable bonds is 2. The molecule has 2 aromatic carbocycles. The van der Waals surface area contributed by atoms with Crippen molar-refractivity contribution in [3.8, 4) is 28.8 Å². The van der Waals surface area contributed by atoms with Crippen molar-refractivity contribution in [3.63, 3.8) is 0 Å². The lowest BCUT2D eigenvalue weighted by molar-refractivity contribution is 0.261. The van der Waals surface area contributed by atoms with E-state index < -0.39 is 17.5 Å². The third-order valence-corrected chi connectivity index (χ3v) is 9.29. The normalized spacial score (nSPS) is 23.0. The van der Waals surface area contributed by atoms with E-state index in [0.29, 0.717) is 17.2 Å². The zero-order valence-corrected chi connectivity index (χ0v) is 22.2. The molecule has 6 heterocycles. The number of hydrogen-bond acceptors (Lipinski definition) is 7. The van der Waals surface area contributed by atoms with Crippen molar-refractivity contribution in [2.45, 2.75) is 49.7 Å². The van der Waals surface area contributed by atoms with Crippen LogP contribution in [0.15, 0.2) is 30.5 Å². The Hall–Kier alpha value is -3.94. The van der Waals surface area contributed by atoms with Crippen LogP contribution in [0.1, 0.15) is 37.9 Å². The summed E-state index contributed by atoms with van der Waals surface area (Å²) in [4.78, 5) is 18.4. The number of phenolic OH excluding ortho intramolecular Hbond substituents is 1. The first kappa shape index (κ1) is 24.8. The number of hydrogen-bond donors (Lipinski definition) is 2. The van der Waals surface area contributed by atoms with Gasteiger partial charge >= 0.3 is 0 Å². The molecule has 41 heavy (non-hydrogen) atoms. The molecule has 0 spiro atoms. The number of anilines is 1. The monoisotopic (exact) mass is 556 g/mol. The maximum absolute atomic E-state index is 16.5. The number of aromatic hydroxyl groups is 1.